The third kappa shape index (κ3) is 2.97. The smallest absolute Gasteiger partial charge is 0.154 e. The normalized spacial score (nSPS) is 28.2. The van der Waals surface area contributed by atoms with Gasteiger partial charge in [-0.1, -0.05) is 0 Å². The standard InChI is InChI=1S/C18H34N4O2/c1-12-13(2)22(16(5)20(12)7)18(24-9)17(14(3)23-8)21-11-10-19(6)15(21)4/h10-11,14-18H,1-9H3. The largest absolute Gasteiger partial charge is 0.379 e. The van der Waals surface area contributed by atoms with Gasteiger partial charge in [-0.15, -0.1) is 0 Å². The van der Waals surface area contributed by atoms with E-state index in [1.165, 1.54) is 11.4 Å². The lowest BCUT2D eigenvalue weighted by Crippen LogP contribution is -2.59. The Morgan fingerprint density at radius 2 is 1.58 bits per heavy atom. The lowest BCUT2D eigenvalue weighted by molar-refractivity contribution is -0.127. The van der Waals surface area contributed by atoms with Gasteiger partial charge in [0, 0.05) is 52.1 Å². The van der Waals surface area contributed by atoms with Gasteiger partial charge in [-0.2, -0.15) is 0 Å². The molecule has 0 aromatic carbocycles. The molecule has 24 heavy (non-hydrogen) atoms. The average molecular weight is 338 g/mol. The molecule has 0 aromatic rings. The second-order valence-corrected chi connectivity index (χ2v) is 6.92. The highest BCUT2D eigenvalue weighted by atomic mass is 16.5. The molecule has 0 saturated carbocycles. The molecule has 0 aromatic heterocycles. The minimum absolute atomic E-state index is 0.0276. The third-order valence-corrected chi connectivity index (χ3v) is 5.90. The second-order valence-electron chi connectivity index (χ2n) is 6.92. The number of ether oxygens (including phenoxy) is 2. The fourth-order valence-electron chi connectivity index (χ4n) is 3.76. The van der Waals surface area contributed by atoms with Crippen molar-refractivity contribution in [1.82, 2.24) is 19.6 Å². The zero-order valence-corrected chi connectivity index (χ0v) is 16.6. The zero-order chi connectivity index (χ0) is 18.2. The zero-order valence-electron chi connectivity index (χ0n) is 16.6. The van der Waals surface area contributed by atoms with E-state index >= 15 is 0 Å². The first kappa shape index (κ1) is 18.9. The van der Waals surface area contributed by atoms with Crippen LogP contribution in [-0.2, 0) is 9.47 Å². The van der Waals surface area contributed by atoms with Crippen molar-refractivity contribution < 1.29 is 9.47 Å². The maximum absolute atomic E-state index is 6.04. The van der Waals surface area contributed by atoms with Crippen LogP contribution in [-0.4, -0.2) is 78.6 Å². The topological polar surface area (TPSA) is 31.4 Å². The summed E-state index contributed by atoms with van der Waals surface area (Å²) >= 11 is 0. The summed E-state index contributed by atoms with van der Waals surface area (Å²) in [6.45, 7) is 10.9. The predicted molar refractivity (Wildman–Crippen MR) is 96.7 cm³/mol. The van der Waals surface area contributed by atoms with Crippen molar-refractivity contribution >= 4 is 0 Å². The lowest BCUT2D eigenvalue weighted by atomic mass is 10.1. The molecule has 6 heteroatoms. The van der Waals surface area contributed by atoms with Gasteiger partial charge < -0.3 is 29.1 Å². The Balaban J connectivity index is 2.38. The van der Waals surface area contributed by atoms with Crippen molar-refractivity contribution in [2.24, 2.45) is 0 Å². The Hall–Kier alpha value is -1.40. The van der Waals surface area contributed by atoms with Crippen molar-refractivity contribution in [3.05, 3.63) is 23.8 Å². The van der Waals surface area contributed by atoms with Crippen molar-refractivity contribution in [1.29, 1.82) is 0 Å². The number of methoxy groups -OCH3 is 2. The van der Waals surface area contributed by atoms with Crippen LogP contribution in [0.25, 0.3) is 0 Å². The van der Waals surface area contributed by atoms with E-state index in [0.29, 0.717) is 0 Å². The summed E-state index contributed by atoms with van der Waals surface area (Å²) < 4.78 is 11.8. The Labute approximate surface area is 147 Å². The summed E-state index contributed by atoms with van der Waals surface area (Å²) in [6, 6.07) is 0.0768. The minimum atomic E-state index is -0.103. The molecule has 6 nitrogen and oxygen atoms in total. The molecule has 5 atom stereocenters. The Bertz CT molecular complexity index is 507. The Morgan fingerprint density at radius 3 is 1.96 bits per heavy atom. The molecule has 0 fully saturated rings. The number of nitrogens with zero attached hydrogens (tertiary/aromatic N) is 4. The van der Waals surface area contributed by atoms with Crippen molar-refractivity contribution in [3.8, 4) is 0 Å². The summed E-state index contributed by atoms with van der Waals surface area (Å²) in [5, 5.41) is 0. The van der Waals surface area contributed by atoms with E-state index in [1.54, 1.807) is 14.2 Å². The van der Waals surface area contributed by atoms with Gasteiger partial charge in [-0.05, 0) is 34.6 Å². The summed E-state index contributed by atoms with van der Waals surface area (Å²) in [4.78, 5) is 9.21. The van der Waals surface area contributed by atoms with Gasteiger partial charge in [-0.25, -0.2) is 0 Å². The van der Waals surface area contributed by atoms with Crippen molar-refractivity contribution in [2.75, 3.05) is 28.3 Å². The molecule has 2 heterocycles. The quantitative estimate of drug-likeness (QED) is 0.739. The van der Waals surface area contributed by atoms with E-state index in [0.717, 1.165) is 0 Å². The van der Waals surface area contributed by atoms with Crippen LogP contribution in [0.3, 0.4) is 0 Å². The van der Waals surface area contributed by atoms with Crippen LogP contribution in [0.4, 0.5) is 0 Å². The highest BCUT2D eigenvalue weighted by molar-refractivity contribution is 5.17. The van der Waals surface area contributed by atoms with Crippen LogP contribution >= 0.6 is 0 Å². The van der Waals surface area contributed by atoms with E-state index in [-0.39, 0.29) is 30.7 Å². The molecule has 0 radical (unpaired) electrons. The molecule has 2 rings (SSSR count). The van der Waals surface area contributed by atoms with Gasteiger partial charge in [0.1, 0.15) is 12.2 Å². The van der Waals surface area contributed by atoms with Gasteiger partial charge >= 0.3 is 0 Å². The Morgan fingerprint density at radius 1 is 0.958 bits per heavy atom. The van der Waals surface area contributed by atoms with E-state index in [4.69, 9.17) is 9.47 Å². The number of hydrogen-bond donors (Lipinski definition) is 0. The monoisotopic (exact) mass is 338 g/mol. The number of hydrogen-bond acceptors (Lipinski definition) is 6. The van der Waals surface area contributed by atoms with Gasteiger partial charge in [0.05, 0.1) is 12.3 Å². The molecule has 0 N–H and O–H groups in total. The fourth-order valence-corrected chi connectivity index (χ4v) is 3.76. The minimum Gasteiger partial charge on any atom is -0.379 e. The van der Waals surface area contributed by atoms with E-state index < -0.39 is 0 Å². The van der Waals surface area contributed by atoms with E-state index in [2.05, 4.69) is 80.7 Å². The van der Waals surface area contributed by atoms with Crippen molar-refractivity contribution in [2.45, 2.75) is 65.3 Å². The molecule has 5 unspecified atom stereocenters. The molecule has 0 amide bonds. The second kappa shape index (κ2) is 7.23. The van der Waals surface area contributed by atoms with Gasteiger partial charge in [-0.3, -0.25) is 0 Å². The highest BCUT2D eigenvalue weighted by Crippen LogP contribution is 2.34. The van der Waals surface area contributed by atoms with Crippen molar-refractivity contribution in [3.63, 3.8) is 0 Å². The molecule has 0 aliphatic carbocycles. The first-order valence-corrected chi connectivity index (χ1v) is 8.68. The third-order valence-electron chi connectivity index (χ3n) is 5.90. The van der Waals surface area contributed by atoms with E-state index in [9.17, 15) is 0 Å². The molecule has 0 saturated heterocycles. The molecule has 138 valence electrons. The summed E-state index contributed by atoms with van der Waals surface area (Å²) in [5.41, 5.74) is 2.55. The first-order chi connectivity index (χ1) is 11.3. The summed E-state index contributed by atoms with van der Waals surface area (Å²) in [5.74, 6) is 0. The predicted octanol–water partition coefficient (Wildman–Crippen LogP) is 2.27. The fraction of sp³-hybridized carbons (Fsp3) is 0.778. The first-order valence-electron chi connectivity index (χ1n) is 8.68. The van der Waals surface area contributed by atoms with Crippen LogP contribution in [0, 0.1) is 0 Å². The maximum Gasteiger partial charge on any atom is 0.154 e. The molecule has 2 aliphatic rings. The van der Waals surface area contributed by atoms with Crippen LogP contribution in [0.1, 0.15) is 34.6 Å². The maximum atomic E-state index is 6.04. The average Bonchev–Trinajstić information content (AvgIpc) is 2.99. The number of rotatable bonds is 6. The summed E-state index contributed by atoms with van der Waals surface area (Å²) in [7, 11) is 7.80. The number of allylic oxidation sites excluding steroid dienone is 2. The van der Waals surface area contributed by atoms with E-state index in [1.807, 2.05) is 0 Å². The molecular formula is C18H34N4O2. The van der Waals surface area contributed by atoms with Crippen LogP contribution in [0.5, 0.6) is 0 Å². The molecular weight excluding hydrogens is 304 g/mol. The summed E-state index contributed by atoms with van der Waals surface area (Å²) in [6.07, 6.45) is 4.70. The van der Waals surface area contributed by atoms with Crippen LogP contribution < -0.4 is 0 Å². The van der Waals surface area contributed by atoms with Crippen LogP contribution in [0.2, 0.25) is 0 Å². The van der Waals surface area contributed by atoms with Gasteiger partial charge in [0.2, 0.25) is 0 Å². The molecule has 0 spiro atoms. The lowest BCUT2D eigenvalue weighted by Gasteiger charge is -2.46. The van der Waals surface area contributed by atoms with Gasteiger partial charge in [0.25, 0.3) is 0 Å². The SMILES string of the molecule is COC(C)C(C(OC)N1C(C)=C(C)N(C)C1C)N1C=CN(C)C1C. The Kier molecular flexibility index (Phi) is 5.71. The van der Waals surface area contributed by atoms with Gasteiger partial charge in [0.15, 0.2) is 6.23 Å². The molecule has 0 bridgehead atoms. The highest BCUT2D eigenvalue weighted by Gasteiger charge is 2.43. The van der Waals surface area contributed by atoms with Crippen LogP contribution in [0.15, 0.2) is 23.8 Å². The molecule has 2 aliphatic heterocycles.